The lowest BCUT2D eigenvalue weighted by Gasteiger charge is -2.30. The lowest BCUT2D eigenvalue weighted by molar-refractivity contribution is -0.158. The fraction of sp³-hybridized carbons (Fsp3) is 0.789. The number of amides is 5. The average molecular weight is 396 g/mol. The van der Waals surface area contributed by atoms with E-state index in [9.17, 15) is 24.4 Å². The van der Waals surface area contributed by atoms with E-state index < -0.39 is 23.9 Å². The van der Waals surface area contributed by atoms with Crippen molar-refractivity contribution in [3.05, 3.63) is 0 Å². The van der Waals surface area contributed by atoms with E-state index >= 15 is 0 Å². The van der Waals surface area contributed by atoms with E-state index in [-0.39, 0.29) is 18.5 Å². The van der Waals surface area contributed by atoms with E-state index in [0.29, 0.717) is 43.2 Å². The van der Waals surface area contributed by atoms with Crippen molar-refractivity contribution in [2.24, 2.45) is 11.8 Å². The number of likely N-dealkylation sites (tertiary alicyclic amines) is 1. The number of hydrogen-bond donors (Lipinski definition) is 3. The standard InChI is InChI=1S/C19H32N4O5/c1-13(2)20-19(27)21-17(25)16-8-5-9-23(16)18(26)15(11-22(28)12-24)10-14-6-3-4-7-14/h12-16,28H,3-11H2,1-2H3,(H2,20,21,25,27)/t15-,16+/m1/s1. The van der Waals surface area contributed by atoms with Gasteiger partial charge in [-0.05, 0) is 39.0 Å². The molecule has 3 N–H and O–H groups in total. The molecule has 1 aliphatic carbocycles. The fourth-order valence-electron chi connectivity index (χ4n) is 4.20. The summed E-state index contributed by atoms with van der Waals surface area (Å²) in [6, 6.07) is -1.40. The normalized spacial score (nSPS) is 20.9. The predicted octanol–water partition coefficient (Wildman–Crippen LogP) is 1.26. The van der Waals surface area contributed by atoms with Gasteiger partial charge < -0.3 is 10.2 Å². The molecule has 5 amide bonds. The molecule has 1 saturated carbocycles. The van der Waals surface area contributed by atoms with Gasteiger partial charge in [0.2, 0.25) is 12.3 Å². The minimum atomic E-state index is -0.708. The Kier molecular flexibility index (Phi) is 8.22. The van der Waals surface area contributed by atoms with Crippen LogP contribution in [0.5, 0.6) is 0 Å². The van der Waals surface area contributed by atoms with Gasteiger partial charge in [0, 0.05) is 12.6 Å². The molecule has 2 rings (SSSR count). The second-order valence-electron chi connectivity index (χ2n) is 8.12. The number of urea groups is 1. The Bertz CT molecular complexity index is 577. The van der Waals surface area contributed by atoms with Crippen molar-refractivity contribution in [2.45, 2.75) is 70.9 Å². The first-order valence-corrected chi connectivity index (χ1v) is 10.1. The Morgan fingerprint density at radius 1 is 1.18 bits per heavy atom. The summed E-state index contributed by atoms with van der Waals surface area (Å²) in [5.74, 6) is -0.911. The van der Waals surface area contributed by atoms with Crippen molar-refractivity contribution in [2.75, 3.05) is 13.1 Å². The number of rotatable bonds is 8. The Morgan fingerprint density at radius 3 is 2.46 bits per heavy atom. The summed E-state index contributed by atoms with van der Waals surface area (Å²) in [6.45, 7) is 3.92. The highest BCUT2D eigenvalue weighted by Crippen LogP contribution is 2.32. The molecule has 1 saturated heterocycles. The largest absolute Gasteiger partial charge is 0.336 e. The Labute approximate surface area is 165 Å². The number of nitrogens with one attached hydrogen (secondary N) is 2. The quantitative estimate of drug-likeness (QED) is 0.324. The van der Waals surface area contributed by atoms with Crippen LogP contribution in [0, 0.1) is 11.8 Å². The Morgan fingerprint density at radius 2 is 1.86 bits per heavy atom. The fourth-order valence-corrected chi connectivity index (χ4v) is 4.20. The molecule has 0 spiro atoms. The zero-order valence-corrected chi connectivity index (χ0v) is 16.7. The molecule has 9 heteroatoms. The molecule has 0 radical (unpaired) electrons. The van der Waals surface area contributed by atoms with Crippen LogP contribution in [0.2, 0.25) is 0 Å². The van der Waals surface area contributed by atoms with Gasteiger partial charge in [0.05, 0.1) is 12.5 Å². The number of carbonyl (C=O) groups excluding carboxylic acids is 4. The molecule has 0 aromatic heterocycles. The molecule has 2 atom stereocenters. The third-order valence-corrected chi connectivity index (χ3v) is 5.47. The van der Waals surface area contributed by atoms with Crippen LogP contribution in [-0.2, 0) is 14.4 Å². The van der Waals surface area contributed by atoms with Crippen LogP contribution in [0.15, 0.2) is 0 Å². The maximum absolute atomic E-state index is 13.2. The maximum atomic E-state index is 13.2. The number of carbonyl (C=O) groups is 4. The summed E-state index contributed by atoms with van der Waals surface area (Å²) < 4.78 is 0. The first-order valence-electron chi connectivity index (χ1n) is 10.1. The van der Waals surface area contributed by atoms with E-state index in [0.717, 1.165) is 25.7 Å². The molecule has 0 unspecified atom stereocenters. The highest BCUT2D eigenvalue weighted by atomic mass is 16.5. The molecule has 0 aromatic carbocycles. The summed E-state index contributed by atoms with van der Waals surface area (Å²) in [5.41, 5.74) is 0. The molecule has 158 valence electrons. The number of nitrogens with zero attached hydrogens (tertiary/aromatic N) is 2. The molecular formula is C19H32N4O5. The molecule has 9 nitrogen and oxygen atoms in total. The van der Waals surface area contributed by atoms with Gasteiger partial charge in [-0.25, -0.2) is 9.86 Å². The molecule has 2 aliphatic rings. The van der Waals surface area contributed by atoms with Gasteiger partial charge in [-0.1, -0.05) is 25.7 Å². The van der Waals surface area contributed by atoms with Crippen LogP contribution >= 0.6 is 0 Å². The summed E-state index contributed by atoms with van der Waals surface area (Å²) in [4.78, 5) is 49.8. The molecule has 28 heavy (non-hydrogen) atoms. The zero-order valence-electron chi connectivity index (χ0n) is 16.7. The summed E-state index contributed by atoms with van der Waals surface area (Å²) in [5, 5.41) is 15.0. The van der Waals surface area contributed by atoms with Gasteiger partial charge in [-0.2, -0.15) is 0 Å². The van der Waals surface area contributed by atoms with Crippen LogP contribution in [-0.4, -0.2) is 64.6 Å². The first kappa shape index (κ1) is 22.1. The number of hydroxylamine groups is 2. The van der Waals surface area contributed by atoms with E-state index in [2.05, 4.69) is 10.6 Å². The van der Waals surface area contributed by atoms with E-state index in [4.69, 9.17) is 0 Å². The van der Waals surface area contributed by atoms with Crippen molar-refractivity contribution in [3.8, 4) is 0 Å². The van der Waals surface area contributed by atoms with Gasteiger partial charge >= 0.3 is 6.03 Å². The summed E-state index contributed by atoms with van der Waals surface area (Å²) in [7, 11) is 0. The summed E-state index contributed by atoms with van der Waals surface area (Å²) >= 11 is 0. The number of hydrogen-bond acceptors (Lipinski definition) is 5. The molecule has 0 bridgehead atoms. The lowest BCUT2D eigenvalue weighted by Crippen LogP contribution is -2.52. The molecule has 1 heterocycles. The highest BCUT2D eigenvalue weighted by Gasteiger charge is 2.39. The minimum Gasteiger partial charge on any atom is -0.336 e. The molecular weight excluding hydrogens is 364 g/mol. The van der Waals surface area contributed by atoms with Crippen molar-refractivity contribution >= 4 is 24.3 Å². The Balaban J connectivity index is 2.04. The van der Waals surface area contributed by atoms with Crippen LogP contribution in [0.4, 0.5) is 4.79 Å². The van der Waals surface area contributed by atoms with E-state index in [1.54, 1.807) is 13.8 Å². The third kappa shape index (κ3) is 6.19. The SMILES string of the molecule is CC(C)NC(=O)NC(=O)[C@@H]1CCCN1C(=O)[C@H](CC1CCCC1)CN(O)C=O. The van der Waals surface area contributed by atoms with Crippen molar-refractivity contribution in [3.63, 3.8) is 0 Å². The van der Waals surface area contributed by atoms with Crippen LogP contribution in [0.25, 0.3) is 0 Å². The van der Waals surface area contributed by atoms with Crippen molar-refractivity contribution in [1.82, 2.24) is 20.6 Å². The zero-order chi connectivity index (χ0) is 20.7. The van der Waals surface area contributed by atoms with Crippen molar-refractivity contribution in [1.29, 1.82) is 0 Å². The Hall–Kier alpha value is -2.16. The lowest BCUT2D eigenvalue weighted by atomic mass is 9.91. The van der Waals surface area contributed by atoms with Crippen molar-refractivity contribution < 1.29 is 24.4 Å². The van der Waals surface area contributed by atoms with E-state index in [1.165, 1.54) is 4.90 Å². The maximum Gasteiger partial charge on any atom is 0.321 e. The van der Waals surface area contributed by atoms with Crippen LogP contribution < -0.4 is 10.6 Å². The minimum absolute atomic E-state index is 0.0858. The second kappa shape index (κ2) is 10.4. The van der Waals surface area contributed by atoms with Gasteiger partial charge in [-0.3, -0.25) is 24.9 Å². The monoisotopic (exact) mass is 396 g/mol. The molecule has 1 aliphatic heterocycles. The van der Waals surface area contributed by atoms with Gasteiger partial charge in [0.25, 0.3) is 5.91 Å². The van der Waals surface area contributed by atoms with Gasteiger partial charge in [0.1, 0.15) is 6.04 Å². The average Bonchev–Trinajstić information content (AvgIpc) is 3.31. The van der Waals surface area contributed by atoms with Gasteiger partial charge in [0.15, 0.2) is 0 Å². The highest BCUT2D eigenvalue weighted by molar-refractivity contribution is 5.99. The topological polar surface area (TPSA) is 119 Å². The second-order valence-corrected chi connectivity index (χ2v) is 8.12. The van der Waals surface area contributed by atoms with Gasteiger partial charge in [-0.15, -0.1) is 0 Å². The van der Waals surface area contributed by atoms with E-state index in [1.807, 2.05) is 0 Å². The molecule has 0 aromatic rings. The molecule has 2 fully saturated rings. The predicted molar refractivity (Wildman–Crippen MR) is 101 cm³/mol. The smallest absolute Gasteiger partial charge is 0.321 e. The third-order valence-electron chi connectivity index (χ3n) is 5.47. The van der Waals surface area contributed by atoms with Crippen LogP contribution in [0.3, 0.4) is 0 Å². The number of imide groups is 1. The van der Waals surface area contributed by atoms with Crippen LogP contribution in [0.1, 0.15) is 58.8 Å². The summed E-state index contributed by atoms with van der Waals surface area (Å²) in [6.07, 6.45) is 6.36. The first-order chi connectivity index (χ1) is 13.3.